The SMILES string of the molecule is O=CCc1ccc(Cl)c(I)c1. The molecule has 0 amide bonds. The molecular formula is C8H6ClIO. The lowest BCUT2D eigenvalue weighted by molar-refractivity contribution is -0.107. The van der Waals surface area contributed by atoms with Crippen molar-refractivity contribution in [1.29, 1.82) is 0 Å². The molecule has 0 aliphatic rings. The maximum absolute atomic E-state index is 10.1. The van der Waals surface area contributed by atoms with Crippen molar-refractivity contribution in [2.75, 3.05) is 0 Å². The molecule has 3 heteroatoms. The lowest BCUT2D eigenvalue weighted by Gasteiger charge is -1.97. The van der Waals surface area contributed by atoms with Crippen LogP contribution in [0.4, 0.5) is 0 Å². The second-order valence-corrected chi connectivity index (χ2v) is 3.69. The first-order valence-electron chi connectivity index (χ1n) is 3.11. The van der Waals surface area contributed by atoms with Gasteiger partial charge in [-0.15, -0.1) is 0 Å². The number of carbonyl (C=O) groups excluding carboxylic acids is 1. The summed E-state index contributed by atoms with van der Waals surface area (Å²) in [4.78, 5) is 10.1. The summed E-state index contributed by atoms with van der Waals surface area (Å²) in [6.45, 7) is 0. The van der Waals surface area contributed by atoms with E-state index >= 15 is 0 Å². The molecule has 0 spiro atoms. The fraction of sp³-hybridized carbons (Fsp3) is 0.125. The van der Waals surface area contributed by atoms with E-state index in [1.165, 1.54) is 0 Å². The zero-order chi connectivity index (χ0) is 8.27. The summed E-state index contributed by atoms with van der Waals surface area (Å²) in [5, 5.41) is 0.736. The Hall–Kier alpha value is -0.0900. The molecule has 0 atom stereocenters. The molecule has 1 rings (SSSR count). The maximum Gasteiger partial charge on any atom is 0.124 e. The molecule has 0 saturated carbocycles. The number of aldehydes is 1. The molecule has 1 nitrogen and oxygen atoms in total. The molecule has 0 aromatic heterocycles. The van der Waals surface area contributed by atoms with Crippen LogP contribution in [0.1, 0.15) is 5.56 Å². The average molecular weight is 280 g/mol. The minimum atomic E-state index is 0.465. The number of benzene rings is 1. The first kappa shape index (κ1) is 9.00. The molecule has 0 N–H and O–H groups in total. The van der Waals surface area contributed by atoms with Crippen molar-refractivity contribution in [2.24, 2.45) is 0 Å². The van der Waals surface area contributed by atoms with Crippen molar-refractivity contribution >= 4 is 40.5 Å². The van der Waals surface area contributed by atoms with Gasteiger partial charge in [0.2, 0.25) is 0 Å². The Bertz CT molecular complexity index is 273. The Labute approximate surface area is 83.9 Å². The Morgan fingerprint density at radius 2 is 2.27 bits per heavy atom. The van der Waals surface area contributed by atoms with Gasteiger partial charge in [0.25, 0.3) is 0 Å². The van der Waals surface area contributed by atoms with Crippen molar-refractivity contribution in [3.63, 3.8) is 0 Å². The predicted octanol–water partition coefficient (Wildman–Crippen LogP) is 2.69. The number of rotatable bonds is 2. The zero-order valence-electron chi connectivity index (χ0n) is 5.68. The van der Waals surface area contributed by atoms with Crippen LogP contribution in [-0.2, 0) is 11.2 Å². The van der Waals surface area contributed by atoms with Crippen LogP contribution in [0.3, 0.4) is 0 Å². The van der Waals surface area contributed by atoms with Crippen LogP contribution < -0.4 is 0 Å². The molecule has 0 unspecified atom stereocenters. The summed E-state index contributed by atoms with van der Waals surface area (Å²) in [5.74, 6) is 0. The highest BCUT2D eigenvalue weighted by Gasteiger charge is 1.97. The van der Waals surface area contributed by atoms with Crippen molar-refractivity contribution in [2.45, 2.75) is 6.42 Å². The van der Waals surface area contributed by atoms with Gasteiger partial charge >= 0.3 is 0 Å². The summed E-state index contributed by atoms with van der Waals surface area (Å²) in [5.41, 5.74) is 1.01. The molecule has 1 aromatic carbocycles. The molecule has 0 aliphatic heterocycles. The van der Waals surface area contributed by atoms with Gasteiger partial charge in [-0.05, 0) is 40.3 Å². The minimum absolute atomic E-state index is 0.465. The van der Waals surface area contributed by atoms with E-state index in [1.54, 1.807) is 0 Å². The molecule has 58 valence electrons. The number of hydrogen-bond donors (Lipinski definition) is 0. The summed E-state index contributed by atoms with van der Waals surface area (Å²) in [6.07, 6.45) is 1.35. The highest BCUT2D eigenvalue weighted by atomic mass is 127. The molecule has 0 bridgehead atoms. The quantitative estimate of drug-likeness (QED) is 0.601. The van der Waals surface area contributed by atoms with E-state index in [0.29, 0.717) is 6.42 Å². The second kappa shape index (κ2) is 4.07. The number of carbonyl (C=O) groups is 1. The van der Waals surface area contributed by atoms with Gasteiger partial charge < -0.3 is 4.79 Å². The normalized spacial score (nSPS) is 9.64. The third kappa shape index (κ3) is 2.45. The molecule has 11 heavy (non-hydrogen) atoms. The summed E-state index contributed by atoms with van der Waals surface area (Å²) >= 11 is 7.93. The highest BCUT2D eigenvalue weighted by molar-refractivity contribution is 14.1. The van der Waals surface area contributed by atoms with Crippen molar-refractivity contribution in [1.82, 2.24) is 0 Å². The van der Waals surface area contributed by atoms with Crippen molar-refractivity contribution in [3.8, 4) is 0 Å². The molecule has 0 fully saturated rings. The fourth-order valence-corrected chi connectivity index (χ4v) is 1.46. The van der Waals surface area contributed by atoms with Crippen LogP contribution in [0.25, 0.3) is 0 Å². The third-order valence-electron chi connectivity index (χ3n) is 1.30. The van der Waals surface area contributed by atoms with Crippen molar-refractivity contribution in [3.05, 3.63) is 32.4 Å². The largest absolute Gasteiger partial charge is 0.303 e. The summed E-state index contributed by atoms with van der Waals surface area (Å²) < 4.78 is 0.989. The zero-order valence-corrected chi connectivity index (χ0v) is 8.59. The smallest absolute Gasteiger partial charge is 0.124 e. The van der Waals surface area contributed by atoms with E-state index < -0.39 is 0 Å². The second-order valence-electron chi connectivity index (χ2n) is 2.12. The van der Waals surface area contributed by atoms with Crippen LogP contribution in [0, 0.1) is 3.57 Å². The van der Waals surface area contributed by atoms with E-state index in [1.807, 2.05) is 18.2 Å². The van der Waals surface area contributed by atoms with E-state index in [9.17, 15) is 4.79 Å². The first-order chi connectivity index (χ1) is 5.24. The monoisotopic (exact) mass is 280 g/mol. The molecule has 0 aliphatic carbocycles. The van der Waals surface area contributed by atoms with E-state index in [4.69, 9.17) is 11.6 Å². The molecule has 1 aromatic rings. The first-order valence-corrected chi connectivity index (χ1v) is 4.57. The van der Waals surface area contributed by atoms with Crippen molar-refractivity contribution < 1.29 is 4.79 Å². The van der Waals surface area contributed by atoms with Crippen LogP contribution >= 0.6 is 34.2 Å². The molecular weight excluding hydrogens is 274 g/mol. The van der Waals surface area contributed by atoms with E-state index in [-0.39, 0.29) is 0 Å². The predicted molar refractivity (Wildman–Crippen MR) is 53.9 cm³/mol. The highest BCUT2D eigenvalue weighted by Crippen LogP contribution is 2.19. The van der Waals surface area contributed by atoms with Gasteiger partial charge in [-0.2, -0.15) is 0 Å². The van der Waals surface area contributed by atoms with Gasteiger partial charge in [0.1, 0.15) is 6.29 Å². The van der Waals surface area contributed by atoms with Gasteiger partial charge in [0.15, 0.2) is 0 Å². The van der Waals surface area contributed by atoms with Crippen LogP contribution in [0.2, 0.25) is 5.02 Å². The standard InChI is InChI=1S/C8H6ClIO/c9-7-2-1-6(3-4-11)5-8(7)10/h1-2,4-5H,3H2. The van der Waals surface area contributed by atoms with Gasteiger partial charge in [-0.1, -0.05) is 17.7 Å². The average Bonchev–Trinajstić information content (AvgIpc) is 1.98. The lowest BCUT2D eigenvalue weighted by Crippen LogP contribution is -1.86. The van der Waals surface area contributed by atoms with Gasteiger partial charge in [0, 0.05) is 9.99 Å². The Morgan fingerprint density at radius 1 is 1.55 bits per heavy atom. The van der Waals surface area contributed by atoms with Crippen LogP contribution in [0.15, 0.2) is 18.2 Å². The Balaban J connectivity index is 2.95. The van der Waals surface area contributed by atoms with E-state index in [0.717, 1.165) is 20.4 Å². The molecule has 0 heterocycles. The molecule has 0 radical (unpaired) electrons. The topological polar surface area (TPSA) is 17.1 Å². The van der Waals surface area contributed by atoms with Crippen LogP contribution in [-0.4, -0.2) is 6.29 Å². The minimum Gasteiger partial charge on any atom is -0.303 e. The van der Waals surface area contributed by atoms with Gasteiger partial charge in [-0.25, -0.2) is 0 Å². The summed E-state index contributed by atoms with van der Waals surface area (Å²) in [7, 11) is 0. The molecule has 0 saturated heterocycles. The van der Waals surface area contributed by atoms with E-state index in [2.05, 4.69) is 22.6 Å². The van der Waals surface area contributed by atoms with Crippen LogP contribution in [0.5, 0.6) is 0 Å². The van der Waals surface area contributed by atoms with Gasteiger partial charge in [-0.3, -0.25) is 0 Å². The Kier molecular flexibility index (Phi) is 3.33. The Morgan fingerprint density at radius 3 is 2.82 bits per heavy atom. The number of hydrogen-bond acceptors (Lipinski definition) is 1. The number of halogens is 2. The van der Waals surface area contributed by atoms with Gasteiger partial charge in [0.05, 0.1) is 5.02 Å². The maximum atomic E-state index is 10.1. The fourth-order valence-electron chi connectivity index (χ4n) is 0.763. The summed E-state index contributed by atoms with van der Waals surface area (Å²) in [6, 6.07) is 5.58. The third-order valence-corrected chi connectivity index (χ3v) is 2.84. The lowest BCUT2D eigenvalue weighted by atomic mass is 10.2.